The van der Waals surface area contributed by atoms with Crippen LogP contribution in [0.25, 0.3) is 22.3 Å². The van der Waals surface area contributed by atoms with Crippen LogP contribution in [0, 0.1) is 41.5 Å². The molecule has 6 aromatic carbocycles. The number of benzene rings is 6. The Hall–Kier alpha value is -6.14. The van der Waals surface area contributed by atoms with Gasteiger partial charge in [-0.2, -0.15) is 0 Å². The van der Waals surface area contributed by atoms with Gasteiger partial charge in [-0.1, -0.05) is 172 Å². The van der Waals surface area contributed by atoms with E-state index in [1.165, 1.54) is 118 Å². The topological polar surface area (TPSA) is 64.7 Å². The van der Waals surface area contributed by atoms with Gasteiger partial charge in [0.05, 0.1) is 0 Å². The molecule has 10 rings (SSSR count). The lowest BCUT2D eigenvalue weighted by Crippen LogP contribution is -2.42. The van der Waals surface area contributed by atoms with Gasteiger partial charge in [0.15, 0.2) is 0 Å². The predicted octanol–water partition coefficient (Wildman–Crippen LogP) is 15.9. The van der Waals surface area contributed by atoms with Crippen LogP contribution < -0.4 is 10.6 Å². The summed E-state index contributed by atoms with van der Waals surface area (Å²) in [6.07, 6.45) is 16.3. The Balaban J connectivity index is 0.000000170. The Labute approximate surface area is 406 Å². The number of hydrogen-bond acceptors (Lipinski definition) is 2. The van der Waals surface area contributed by atoms with E-state index in [1.807, 2.05) is 0 Å². The average Bonchev–Trinajstić information content (AvgIpc) is 3.56. The number of fused-ring (bicyclic) bond motifs is 6. The Morgan fingerprint density at radius 3 is 1.13 bits per heavy atom. The number of hydrogen-bond donors (Lipinski definition) is 2. The summed E-state index contributed by atoms with van der Waals surface area (Å²) in [5, 5.41) is 6.59. The predicted molar refractivity (Wildman–Crippen MR) is 283 cm³/mol. The highest BCUT2D eigenvalue weighted by atomic mass is 16.2. The van der Waals surface area contributed by atoms with Gasteiger partial charge in [-0.25, -0.2) is 9.59 Å². The van der Waals surface area contributed by atoms with Gasteiger partial charge in [0, 0.05) is 36.5 Å². The fraction of sp³-hybridized carbons (Fsp3) is 0.387. The van der Waals surface area contributed by atoms with Crippen molar-refractivity contribution in [2.45, 2.75) is 157 Å². The molecule has 0 spiro atoms. The summed E-state index contributed by atoms with van der Waals surface area (Å²) in [5.41, 5.74) is 22.3. The molecule has 0 radical (unpaired) electrons. The molecule has 4 aliphatic rings. The van der Waals surface area contributed by atoms with E-state index in [1.54, 1.807) is 0 Å². The zero-order valence-electron chi connectivity index (χ0n) is 41.6. The quantitative estimate of drug-likeness (QED) is 0.149. The van der Waals surface area contributed by atoms with Crippen LogP contribution in [0.2, 0.25) is 0 Å². The molecular formula is C62H72N4O2. The van der Waals surface area contributed by atoms with Gasteiger partial charge >= 0.3 is 12.1 Å². The summed E-state index contributed by atoms with van der Waals surface area (Å²) in [6, 6.07) is 40.2. The highest BCUT2D eigenvalue weighted by molar-refractivity contribution is 5.92. The summed E-state index contributed by atoms with van der Waals surface area (Å²) < 4.78 is 0. The van der Waals surface area contributed by atoms with Crippen LogP contribution in [0.15, 0.2) is 109 Å². The van der Waals surface area contributed by atoms with Crippen molar-refractivity contribution in [2.75, 3.05) is 10.6 Å². The maximum atomic E-state index is 13.7. The second-order valence-corrected chi connectivity index (χ2v) is 20.6. The van der Waals surface area contributed by atoms with Crippen molar-refractivity contribution in [3.05, 3.63) is 176 Å². The molecule has 0 bridgehead atoms. The van der Waals surface area contributed by atoms with Crippen LogP contribution in [0.4, 0.5) is 21.0 Å². The molecule has 0 atom stereocenters. The van der Waals surface area contributed by atoms with Crippen LogP contribution in [0.5, 0.6) is 0 Å². The summed E-state index contributed by atoms with van der Waals surface area (Å²) in [4.78, 5) is 31.7. The van der Waals surface area contributed by atoms with E-state index in [9.17, 15) is 9.59 Å². The minimum Gasteiger partial charge on any atom is -0.317 e. The fourth-order valence-electron chi connectivity index (χ4n) is 12.0. The van der Waals surface area contributed by atoms with Gasteiger partial charge < -0.3 is 20.4 Å². The van der Waals surface area contributed by atoms with Gasteiger partial charge in [-0.3, -0.25) is 0 Å². The molecule has 2 N–H and O–H groups in total. The van der Waals surface area contributed by atoms with E-state index in [0.717, 1.165) is 72.2 Å². The van der Waals surface area contributed by atoms with E-state index in [4.69, 9.17) is 0 Å². The first-order valence-electron chi connectivity index (χ1n) is 25.7. The molecule has 4 aliphatic carbocycles. The molecule has 2 fully saturated rings. The Kier molecular flexibility index (Phi) is 14.5. The van der Waals surface area contributed by atoms with Crippen molar-refractivity contribution in [2.24, 2.45) is 0 Å². The summed E-state index contributed by atoms with van der Waals surface area (Å²) in [7, 11) is 0. The lowest BCUT2D eigenvalue weighted by Gasteiger charge is -2.32. The lowest BCUT2D eigenvalue weighted by atomic mass is 10.0. The van der Waals surface area contributed by atoms with E-state index in [2.05, 4.69) is 171 Å². The third-order valence-electron chi connectivity index (χ3n) is 15.3. The second kappa shape index (κ2) is 21.0. The molecule has 0 saturated heterocycles. The van der Waals surface area contributed by atoms with E-state index >= 15 is 0 Å². The normalized spacial score (nSPS) is 15.4. The Bertz CT molecular complexity index is 2550. The first-order chi connectivity index (χ1) is 33.0. The van der Waals surface area contributed by atoms with Gasteiger partial charge in [-0.05, 0) is 158 Å². The van der Waals surface area contributed by atoms with Crippen LogP contribution in [-0.2, 0) is 25.9 Å². The number of carbonyl (C=O) groups excluding carboxylic acids is 2. The molecule has 6 aromatic rings. The summed E-state index contributed by atoms with van der Waals surface area (Å²) >= 11 is 0. The maximum absolute atomic E-state index is 13.7. The van der Waals surface area contributed by atoms with E-state index in [0.29, 0.717) is 25.2 Å². The number of rotatable bonds is 8. The fourth-order valence-corrected chi connectivity index (χ4v) is 12.0. The SMILES string of the molecule is Cc1cc(C)c(NC(=O)N(Cc2ccc3c(c2)Cc2ccccc2-3)C2CCCCCC2)c(C)c1.Cc1cc(C)c(NC(=O)N(Cc2ccc3c(c2)Cc2ccccc2-3)C2CCCCCC2)c(C)c1. The minimum absolute atomic E-state index is 0.0331. The number of nitrogens with zero attached hydrogens (tertiary/aromatic N) is 2. The van der Waals surface area contributed by atoms with Crippen molar-refractivity contribution < 1.29 is 9.59 Å². The van der Waals surface area contributed by atoms with Crippen LogP contribution in [0.1, 0.15) is 144 Å². The third-order valence-corrected chi connectivity index (χ3v) is 15.3. The van der Waals surface area contributed by atoms with Crippen LogP contribution in [0.3, 0.4) is 0 Å². The zero-order chi connectivity index (χ0) is 47.3. The monoisotopic (exact) mass is 905 g/mol. The number of nitrogens with one attached hydrogen (secondary N) is 2. The largest absolute Gasteiger partial charge is 0.322 e. The number of urea groups is 2. The first-order valence-corrected chi connectivity index (χ1v) is 25.7. The molecule has 352 valence electrons. The smallest absolute Gasteiger partial charge is 0.317 e. The number of carbonyl (C=O) groups is 2. The summed E-state index contributed by atoms with van der Waals surface area (Å²) in [6.45, 7) is 13.9. The van der Waals surface area contributed by atoms with Gasteiger partial charge in [0.25, 0.3) is 0 Å². The molecule has 2 saturated carbocycles. The van der Waals surface area contributed by atoms with Crippen molar-refractivity contribution in [3.8, 4) is 22.3 Å². The van der Waals surface area contributed by atoms with Gasteiger partial charge in [0.1, 0.15) is 0 Å². The zero-order valence-corrected chi connectivity index (χ0v) is 41.6. The third kappa shape index (κ3) is 10.6. The van der Waals surface area contributed by atoms with Gasteiger partial charge in [-0.15, -0.1) is 0 Å². The molecule has 68 heavy (non-hydrogen) atoms. The number of anilines is 2. The van der Waals surface area contributed by atoms with Crippen molar-refractivity contribution >= 4 is 23.4 Å². The standard InChI is InChI=1S/2C31H36N2O/c2*1-21-16-22(2)30(23(3)17-21)32-31(34)33(27-11-6-4-5-7-12-27)20-24-14-15-29-26(18-24)19-25-10-8-9-13-28(25)29/h2*8-10,13-18,27H,4-7,11-12,19-20H2,1-3H3,(H,32,34). The van der Waals surface area contributed by atoms with Crippen molar-refractivity contribution in [1.29, 1.82) is 0 Å². The minimum atomic E-state index is 0.0331. The lowest BCUT2D eigenvalue weighted by molar-refractivity contribution is 0.175. The number of aryl methyl sites for hydroxylation is 6. The van der Waals surface area contributed by atoms with Crippen molar-refractivity contribution in [3.63, 3.8) is 0 Å². The van der Waals surface area contributed by atoms with Crippen LogP contribution >= 0.6 is 0 Å². The highest BCUT2D eigenvalue weighted by Gasteiger charge is 2.29. The molecule has 0 heterocycles. The molecule has 4 amide bonds. The average molecular weight is 905 g/mol. The molecule has 0 aliphatic heterocycles. The first kappa shape index (κ1) is 46.9. The number of amides is 4. The van der Waals surface area contributed by atoms with E-state index in [-0.39, 0.29) is 12.1 Å². The second-order valence-electron chi connectivity index (χ2n) is 20.6. The van der Waals surface area contributed by atoms with Crippen LogP contribution in [-0.4, -0.2) is 33.9 Å². The molecular weight excluding hydrogens is 833 g/mol. The molecule has 0 aromatic heterocycles. The Morgan fingerprint density at radius 2 is 0.765 bits per heavy atom. The Morgan fingerprint density at radius 1 is 0.426 bits per heavy atom. The highest BCUT2D eigenvalue weighted by Crippen LogP contribution is 2.39. The summed E-state index contributed by atoms with van der Waals surface area (Å²) in [5.74, 6) is 0. The maximum Gasteiger partial charge on any atom is 0.322 e. The molecule has 6 heteroatoms. The van der Waals surface area contributed by atoms with E-state index < -0.39 is 0 Å². The van der Waals surface area contributed by atoms with Crippen molar-refractivity contribution in [1.82, 2.24) is 9.80 Å². The molecule has 0 unspecified atom stereocenters. The molecule has 6 nitrogen and oxygen atoms in total. The van der Waals surface area contributed by atoms with Gasteiger partial charge in [0.2, 0.25) is 0 Å².